The Kier molecular flexibility index (Phi) is 5.56. The van der Waals surface area contributed by atoms with Crippen LogP contribution < -0.4 is 4.90 Å². The van der Waals surface area contributed by atoms with E-state index in [4.69, 9.17) is 11.6 Å². The number of hydrogen-bond acceptors (Lipinski definition) is 6. The third kappa shape index (κ3) is 3.42. The molecule has 3 aliphatic rings. The summed E-state index contributed by atoms with van der Waals surface area (Å²) in [5, 5.41) is 11.8. The Balaban J connectivity index is 1.52. The number of Topliss-reactive ketones (excluding diaryl/α,β-unsaturated/α-hetero) is 3. The van der Waals surface area contributed by atoms with Gasteiger partial charge in [-0.2, -0.15) is 0 Å². The van der Waals surface area contributed by atoms with Gasteiger partial charge in [-0.05, 0) is 41.5 Å². The van der Waals surface area contributed by atoms with Crippen LogP contribution in [0, 0.1) is 15.5 Å². The number of nitro benzene ring substituents is 1. The molecule has 0 N–H and O–H groups in total. The first-order valence-corrected chi connectivity index (χ1v) is 13.5. The molecule has 0 saturated carbocycles. The molecule has 7 rings (SSSR count). The standard InChI is InChI=1S/C33H21ClN2O5/c34-22-14-9-20(10-15-22)28-29(30(37)21-11-16-23(17-12-21)36(40)41)35-26-8-4-1-5-19(26)13-18-27(35)33(28)31(38)24-6-2-3-7-25(24)32(33)39/h1-18,27-29H. The van der Waals surface area contributed by atoms with Crippen LogP contribution in [0.5, 0.6) is 0 Å². The molecule has 7 nitrogen and oxygen atoms in total. The predicted octanol–water partition coefficient (Wildman–Crippen LogP) is 6.56. The van der Waals surface area contributed by atoms with E-state index in [0.717, 1.165) is 11.3 Å². The fraction of sp³-hybridized carbons (Fsp3) is 0.121. The lowest BCUT2D eigenvalue weighted by molar-refractivity contribution is -0.384. The summed E-state index contributed by atoms with van der Waals surface area (Å²) in [7, 11) is 0. The fourth-order valence-corrected chi connectivity index (χ4v) is 7.00. The molecule has 8 heteroatoms. The van der Waals surface area contributed by atoms with E-state index in [1.54, 1.807) is 48.5 Å². The van der Waals surface area contributed by atoms with Gasteiger partial charge in [0, 0.05) is 45.5 Å². The van der Waals surface area contributed by atoms with Crippen LogP contribution >= 0.6 is 11.6 Å². The molecule has 1 fully saturated rings. The number of para-hydroxylation sites is 1. The van der Waals surface area contributed by atoms with Gasteiger partial charge in [-0.1, -0.05) is 78.4 Å². The summed E-state index contributed by atoms with van der Waals surface area (Å²) < 4.78 is 0. The van der Waals surface area contributed by atoms with Crippen molar-refractivity contribution in [2.75, 3.05) is 4.90 Å². The van der Waals surface area contributed by atoms with Gasteiger partial charge in [-0.15, -0.1) is 0 Å². The van der Waals surface area contributed by atoms with Crippen LogP contribution in [-0.4, -0.2) is 34.4 Å². The lowest BCUT2D eigenvalue weighted by Crippen LogP contribution is -2.48. The number of nitro groups is 1. The maximum Gasteiger partial charge on any atom is 0.269 e. The first-order chi connectivity index (χ1) is 19.8. The van der Waals surface area contributed by atoms with Crippen molar-refractivity contribution >= 4 is 46.4 Å². The van der Waals surface area contributed by atoms with Crippen molar-refractivity contribution in [3.05, 3.63) is 146 Å². The van der Waals surface area contributed by atoms with E-state index in [2.05, 4.69) is 0 Å². The molecule has 1 aliphatic carbocycles. The number of carbonyl (C=O) groups is 3. The van der Waals surface area contributed by atoms with Crippen LogP contribution in [0.2, 0.25) is 5.02 Å². The van der Waals surface area contributed by atoms with E-state index in [0.29, 0.717) is 21.7 Å². The van der Waals surface area contributed by atoms with E-state index in [1.807, 2.05) is 41.3 Å². The normalized spacial score (nSPS) is 21.5. The number of fused-ring (bicyclic) bond motifs is 5. The van der Waals surface area contributed by atoms with E-state index >= 15 is 0 Å². The molecule has 3 atom stereocenters. The highest BCUT2D eigenvalue weighted by Crippen LogP contribution is 2.61. The quantitative estimate of drug-likeness (QED) is 0.121. The molecule has 1 saturated heterocycles. The maximum atomic E-state index is 14.6. The third-order valence-corrected chi connectivity index (χ3v) is 8.83. The summed E-state index contributed by atoms with van der Waals surface area (Å²) in [6.07, 6.45) is 3.76. The van der Waals surface area contributed by atoms with Gasteiger partial charge < -0.3 is 4.90 Å². The SMILES string of the molecule is O=C(c1ccc([N+](=O)[O-])cc1)C1C(c2ccc(Cl)cc2)C2(C(=O)c3ccccc3C2=O)C2C=Cc3ccccc3N12. The number of halogens is 1. The van der Waals surface area contributed by atoms with Crippen molar-refractivity contribution in [3.63, 3.8) is 0 Å². The zero-order chi connectivity index (χ0) is 28.5. The second kappa shape index (κ2) is 9.08. The zero-order valence-corrected chi connectivity index (χ0v) is 22.2. The Bertz CT molecular complexity index is 1780. The highest BCUT2D eigenvalue weighted by atomic mass is 35.5. The van der Waals surface area contributed by atoms with Gasteiger partial charge in [0.25, 0.3) is 5.69 Å². The molecule has 2 heterocycles. The molecule has 41 heavy (non-hydrogen) atoms. The molecule has 2 aliphatic heterocycles. The van der Waals surface area contributed by atoms with Crippen molar-refractivity contribution in [2.45, 2.75) is 18.0 Å². The highest BCUT2D eigenvalue weighted by Gasteiger charge is 2.71. The van der Waals surface area contributed by atoms with E-state index in [-0.39, 0.29) is 28.6 Å². The van der Waals surface area contributed by atoms with Crippen LogP contribution in [0.1, 0.15) is 48.1 Å². The number of anilines is 1. The first kappa shape index (κ1) is 25.1. The molecule has 0 amide bonds. The Morgan fingerprint density at radius 1 is 0.829 bits per heavy atom. The molecule has 200 valence electrons. The average molecular weight is 561 g/mol. The molecule has 4 aromatic rings. The van der Waals surface area contributed by atoms with Gasteiger partial charge in [-0.3, -0.25) is 24.5 Å². The third-order valence-electron chi connectivity index (χ3n) is 8.57. The summed E-state index contributed by atoms with van der Waals surface area (Å²) in [4.78, 5) is 56.4. The predicted molar refractivity (Wildman–Crippen MR) is 155 cm³/mol. The van der Waals surface area contributed by atoms with E-state index in [9.17, 15) is 24.5 Å². The summed E-state index contributed by atoms with van der Waals surface area (Å²) in [6.45, 7) is 0. The molecule has 1 spiro atoms. The largest absolute Gasteiger partial charge is 0.352 e. The van der Waals surface area contributed by atoms with Gasteiger partial charge in [0.05, 0.1) is 11.0 Å². The first-order valence-electron chi connectivity index (χ1n) is 13.1. The Labute approximate surface area is 239 Å². The van der Waals surface area contributed by atoms with Crippen LogP contribution in [0.3, 0.4) is 0 Å². The molecule has 0 aromatic heterocycles. The average Bonchev–Trinajstić information content (AvgIpc) is 3.43. The Morgan fingerprint density at radius 2 is 1.44 bits per heavy atom. The molecule has 4 aromatic carbocycles. The number of benzene rings is 4. The second-order valence-electron chi connectivity index (χ2n) is 10.5. The summed E-state index contributed by atoms with van der Waals surface area (Å²) in [5.74, 6) is -1.87. The van der Waals surface area contributed by atoms with Crippen LogP contribution in [0.4, 0.5) is 11.4 Å². The van der Waals surface area contributed by atoms with Gasteiger partial charge >= 0.3 is 0 Å². The van der Waals surface area contributed by atoms with Gasteiger partial charge in [0.15, 0.2) is 17.3 Å². The molecular weight excluding hydrogens is 540 g/mol. The van der Waals surface area contributed by atoms with Crippen molar-refractivity contribution in [2.24, 2.45) is 5.41 Å². The lowest BCUT2D eigenvalue weighted by Gasteiger charge is -2.37. The van der Waals surface area contributed by atoms with Crippen molar-refractivity contribution in [1.82, 2.24) is 0 Å². The summed E-state index contributed by atoms with van der Waals surface area (Å²) in [6, 6.07) is 25.0. The second-order valence-corrected chi connectivity index (χ2v) is 10.9. The number of rotatable bonds is 4. The van der Waals surface area contributed by atoms with Gasteiger partial charge in [0.1, 0.15) is 11.5 Å². The van der Waals surface area contributed by atoms with Gasteiger partial charge in [0.2, 0.25) is 0 Å². The molecule has 0 bridgehead atoms. The highest BCUT2D eigenvalue weighted by molar-refractivity contribution is 6.32. The molecule has 3 unspecified atom stereocenters. The Hall–Kier alpha value is -4.88. The van der Waals surface area contributed by atoms with Crippen molar-refractivity contribution in [3.8, 4) is 0 Å². The monoisotopic (exact) mass is 560 g/mol. The number of nitrogens with zero attached hydrogens (tertiary/aromatic N) is 2. The minimum atomic E-state index is -1.62. The number of hydrogen-bond donors (Lipinski definition) is 0. The van der Waals surface area contributed by atoms with Crippen molar-refractivity contribution < 1.29 is 19.3 Å². The number of ketones is 3. The minimum absolute atomic E-state index is 0.139. The topological polar surface area (TPSA) is 97.6 Å². The number of non-ortho nitro benzene ring substituents is 1. The smallest absolute Gasteiger partial charge is 0.269 e. The van der Waals surface area contributed by atoms with E-state index in [1.165, 1.54) is 24.3 Å². The van der Waals surface area contributed by atoms with Crippen LogP contribution in [-0.2, 0) is 0 Å². The number of carbonyl (C=O) groups excluding carboxylic acids is 3. The lowest BCUT2D eigenvalue weighted by atomic mass is 9.64. The van der Waals surface area contributed by atoms with E-state index < -0.39 is 28.3 Å². The summed E-state index contributed by atoms with van der Waals surface area (Å²) in [5.41, 5.74) is 1.38. The van der Waals surface area contributed by atoms with Crippen LogP contribution in [0.15, 0.2) is 103 Å². The zero-order valence-electron chi connectivity index (χ0n) is 21.4. The molecule has 0 radical (unpaired) electrons. The molecular formula is C33H21ClN2O5. The van der Waals surface area contributed by atoms with Crippen LogP contribution in [0.25, 0.3) is 6.08 Å². The maximum absolute atomic E-state index is 14.6. The van der Waals surface area contributed by atoms with Crippen molar-refractivity contribution in [1.29, 1.82) is 0 Å². The minimum Gasteiger partial charge on any atom is -0.352 e. The summed E-state index contributed by atoms with van der Waals surface area (Å²) >= 11 is 6.25. The van der Waals surface area contributed by atoms with Gasteiger partial charge in [-0.25, -0.2) is 0 Å². The fourth-order valence-electron chi connectivity index (χ4n) is 6.88. The Morgan fingerprint density at radius 3 is 2.07 bits per heavy atom.